The second-order valence-corrected chi connectivity index (χ2v) is 6.06. The Morgan fingerprint density at radius 2 is 1.69 bits per heavy atom. The van der Waals surface area contributed by atoms with Gasteiger partial charge in [-0.15, -0.1) is 0 Å². The molecule has 0 fully saturated rings. The highest BCUT2D eigenvalue weighted by Crippen LogP contribution is 2.31. The van der Waals surface area contributed by atoms with E-state index in [1.807, 2.05) is 49.4 Å². The predicted molar refractivity (Wildman–Crippen MR) is 104 cm³/mol. The number of rotatable bonds is 6. The van der Waals surface area contributed by atoms with Gasteiger partial charge in [0.2, 0.25) is 5.91 Å². The Bertz CT molecular complexity index is 770. The van der Waals surface area contributed by atoms with Gasteiger partial charge in [0.1, 0.15) is 5.75 Å². The maximum absolute atomic E-state index is 11.8. The summed E-state index contributed by atoms with van der Waals surface area (Å²) in [4.78, 5) is 25.1. The first kappa shape index (κ1) is 19.3. The van der Waals surface area contributed by atoms with E-state index in [4.69, 9.17) is 4.74 Å². The number of amides is 3. The molecule has 0 unspecified atom stereocenters. The molecule has 0 spiro atoms. The van der Waals surface area contributed by atoms with Crippen molar-refractivity contribution in [3.63, 3.8) is 0 Å². The van der Waals surface area contributed by atoms with Crippen LogP contribution in [0.25, 0.3) is 11.1 Å². The molecule has 0 aliphatic rings. The summed E-state index contributed by atoms with van der Waals surface area (Å²) in [5, 5.41) is 5.45. The lowest BCUT2D eigenvalue weighted by Gasteiger charge is -2.13. The van der Waals surface area contributed by atoms with Crippen molar-refractivity contribution in [3.05, 3.63) is 48.0 Å². The first-order valence-corrected chi connectivity index (χ1v) is 8.47. The summed E-state index contributed by atoms with van der Waals surface area (Å²) in [5.74, 6) is 0.654. The lowest BCUT2D eigenvalue weighted by Crippen LogP contribution is -2.28. The number of hydrogen-bond acceptors (Lipinski definition) is 3. The molecule has 3 amide bonds. The molecule has 6 heteroatoms. The molecular weight excluding hydrogens is 330 g/mol. The number of carbonyl (C=O) groups excluding carboxylic acids is 2. The van der Waals surface area contributed by atoms with Gasteiger partial charge in [-0.3, -0.25) is 4.79 Å². The molecule has 0 saturated carbocycles. The summed E-state index contributed by atoms with van der Waals surface area (Å²) >= 11 is 0. The summed E-state index contributed by atoms with van der Waals surface area (Å²) in [6.45, 7) is 2.41. The van der Waals surface area contributed by atoms with Gasteiger partial charge in [0.05, 0.1) is 19.2 Å². The Morgan fingerprint density at radius 3 is 2.27 bits per heavy atom. The lowest BCUT2D eigenvalue weighted by molar-refractivity contribution is -0.127. The largest absolute Gasteiger partial charge is 0.495 e. The normalized spacial score (nSPS) is 10.2. The van der Waals surface area contributed by atoms with Crippen molar-refractivity contribution in [2.45, 2.75) is 13.3 Å². The van der Waals surface area contributed by atoms with Crippen molar-refractivity contribution in [2.75, 3.05) is 33.1 Å². The van der Waals surface area contributed by atoms with E-state index in [0.717, 1.165) is 16.7 Å². The Labute approximate surface area is 154 Å². The van der Waals surface area contributed by atoms with Crippen molar-refractivity contribution in [3.8, 4) is 16.9 Å². The number of nitrogens with one attached hydrogen (secondary N) is 2. The number of ether oxygens (including phenoxy) is 1. The van der Waals surface area contributed by atoms with Gasteiger partial charge in [0.25, 0.3) is 0 Å². The van der Waals surface area contributed by atoms with Crippen LogP contribution < -0.4 is 15.4 Å². The third-order valence-electron chi connectivity index (χ3n) is 3.93. The van der Waals surface area contributed by atoms with Gasteiger partial charge < -0.3 is 20.3 Å². The van der Waals surface area contributed by atoms with Crippen LogP contribution in [0.4, 0.5) is 10.5 Å². The second-order valence-electron chi connectivity index (χ2n) is 6.06. The maximum atomic E-state index is 11.8. The number of benzene rings is 2. The third kappa shape index (κ3) is 4.99. The van der Waals surface area contributed by atoms with Crippen molar-refractivity contribution >= 4 is 17.6 Å². The molecule has 2 aromatic carbocycles. The van der Waals surface area contributed by atoms with E-state index in [0.29, 0.717) is 24.4 Å². The van der Waals surface area contributed by atoms with Crippen molar-refractivity contribution in [2.24, 2.45) is 0 Å². The summed E-state index contributed by atoms with van der Waals surface area (Å²) in [6, 6.07) is 13.2. The van der Waals surface area contributed by atoms with Gasteiger partial charge in [0.15, 0.2) is 0 Å². The van der Waals surface area contributed by atoms with Gasteiger partial charge in [-0.1, -0.05) is 30.3 Å². The van der Waals surface area contributed by atoms with E-state index >= 15 is 0 Å². The molecule has 2 aromatic rings. The second kappa shape index (κ2) is 8.89. The molecule has 0 heterocycles. The van der Waals surface area contributed by atoms with Crippen LogP contribution in [0.3, 0.4) is 0 Å². The molecule has 0 saturated heterocycles. The highest BCUT2D eigenvalue weighted by molar-refractivity contribution is 5.91. The van der Waals surface area contributed by atoms with E-state index in [9.17, 15) is 9.59 Å². The van der Waals surface area contributed by atoms with Gasteiger partial charge >= 0.3 is 6.03 Å². The van der Waals surface area contributed by atoms with Crippen molar-refractivity contribution in [1.82, 2.24) is 10.2 Å². The number of likely N-dealkylation sites (N-methyl/N-ethyl adjacent to an activating group) is 1. The molecule has 26 heavy (non-hydrogen) atoms. The average molecular weight is 355 g/mol. The van der Waals surface area contributed by atoms with Gasteiger partial charge in [-0.05, 0) is 35.7 Å². The Morgan fingerprint density at radius 1 is 1.04 bits per heavy atom. The standard InChI is InChI=1S/C20H25N3O3/c1-5-21-20(25)22-17-11-10-16(13-18(17)26-4)15-8-6-14(7-9-15)12-19(24)23(2)3/h6-11,13H,5,12H2,1-4H3,(H2,21,22,25). The monoisotopic (exact) mass is 355 g/mol. The van der Waals surface area contributed by atoms with E-state index in [-0.39, 0.29) is 11.9 Å². The molecule has 0 bridgehead atoms. The smallest absolute Gasteiger partial charge is 0.319 e. The molecule has 0 aromatic heterocycles. The van der Waals surface area contributed by atoms with E-state index < -0.39 is 0 Å². The van der Waals surface area contributed by atoms with Gasteiger partial charge in [-0.2, -0.15) is 0 Å². The van der Waals surface area contributed by atoms with Crippen LogP contribution >= 0.6 is 0 Å². The number of methoxy groups -OCH3 is 1. The summed E-state index contributed by atoms with van der Waals surface area (Å²) in [5.41, 5.74) is 3.55. The molecule has 0 radical (unpaired) electrons. The quantitative estimate of drug-likeness (QED) is 0.836. The summed E-state index contributed by atoms with van der Waals surface area (Å²) in [6.07, 6.45) is 0.381. The van der Waals surface area contributed by atoms with Crippen LogP contribution in [0.1, 0.15) is 12.5 Å². The Kier molecular flexibility index (Phi) is 6.60. The zero-order chi connectivity index (χ0) is 19.1. The molecular formula is C20H25N3O3. The Balaban J connectivity index is 2.18. The lowest BCUT2D eigenvalue weighted by atomic mass is 10.0. The van der Waals surface area contributed by atoms with Gasteiger partial charge in [-0.25, -0.2) is 4.79 Å². The molecule has 2 rings (SSSR count). The number of anilines is 1. The topological polar surface area (TPSA) is 70.7 Å². The predicted octanol–water partition coefficient (Wildman–Crippen LogP) is 3.13. The first-order valence-electron chi connectivity index (χ1n) is 8.47. The van der Waals surface area contributed by atoms with E-state index in [1.165, 1.54) is 0 Å². The average Bonchev–Trinajstić information content (AvgIpc) is 2.62. The molecule has 0 aliphatic heterocycles. The van der Waals surface area contributed by atoms with Gasteiger partial charge in [0, 0.05) is 20.6 Å². The van der Waals surface area contributed by atoms with E-state index in [1.54, 1.807) is 26.1 Å². The summed E-state index contributed by atoms with van der Waals surface area (Å²) < 4.78 is 5.40. The minimum absolute atomic E-state index is 0.0696. The minimum atomic E-state index is -0.270. The summed E-state index contributed by atoms with van der Waals surface area (Å²) in [7, 11) is 5.07. The van der Waals surface area contributed by atoms with Crippen LogP contribution in [0.15, 0.2) is 42.5 Å². The number of carbonyl (C=O) groups is 2. The molecule has 0 aliphatic carbocycles. The zero-order valence-electron chi connectivity index (χ0n) is 15.6. The third-order valence-corrected chi connectivity index (χ3v) is 3.93. The Hall–Kier alpha value is -3.02. The van der Waals surface area contributed by atoms with Crippen molar-refractivity contribution < 1.29 is 14.3 Å². The van der Waals surface area contributed by atoms with Crippen LogP contribution in [0.2, 0.25) is 0 Å². The highest BCUT2D eigenvalue weighted by atomic mass is 16.5. The SMILES string of the molecule is CCNC(=O)Nc1ccc(-c2ccc(CC(=O)N(C)C)cc2)cc1OC. The zero-order valence-corrected chi connectivity index (χ0v) is 15.6. The first-order chi connectivity index (χ1) is 12.4. The number of hydrogen-bond donors (Lipinski definition) is 2. The molecule has 0 atom stereocenters. The fraction of sp³-hybridized carbons (Fsp3) is 0.300. The van der Waals surface area contributed by atoms with Crippen LogP contribution in [0, 0.1) is 0 Å². The molecule has 2 N–H and O–H groups in total. The fourth-order valence-corrected chi connectivity index (χ4v) is 2.45. The maximum Gasteiger partial charge on any atom is 0.319 e. The highest BCUT2D eigenvalue weighted by Gasteiger charge is 2.10. The number of urea groups is 1. The minimum Gasteiger partial charge on any atom is -0.495 e. The number of nitrogens with zero attached hydrogens (tertiary/aromatic N) is 1. The molecule has 6 nitrogen and oxygen atoms in total. The van der Waals surface area contributed by atoms with E-state index in [2.05, 4.69) is 10.6 Å². The van der Waals surface area contributed by atoms with Crippen molar-refractivity contribution in [1.29, 1.82) is 0 Å². The van der Waals surface area contributed by atoms with Crippen LogP contribution in [0.5, 0.6) is 5.75 Å². The fourth-order valence-electron chi connectivity index (χ4n) is 2.45. The molecule has 138 valence electrons. The van der Waals surface area contributed by atoms with Crippen LogP contribution in [-0.4, -0.2) is 44.6 Å². The van der Waals surface area contributed by atoms with Crippen LogP contribution in [-0.2, 0) is 11.2 Å².